The molecule has 0 bridgehead atoms. The molecule has 0 spiro atoms. The van der Waals surface area contributed by atoms with Crippen LogP contribution in [0.25, 0.3) is 113 Å². The van der Waals surface area contributed by atoms with Gasteiger partial charge in [-0.3, -0.25) is 9.97 Å². The molecule has 6 heterocycles. The van der Waals surface area contributed by atoms with Gasteiger partial charge in [-0.25, -0.2) is 4.98 Å². The number of likely N-dealkylation sites (N-methyl/N-ethyl adjacent to an activating group) is 1. The van der Waals surface area contributed by atoms with Crippen LogP contribution in [-0.4, -0.2) is 22.0 Å². The highest BCUT2D eigenvalue weighted by atomic mass is 32.1. The topological polar surface area (TPSA) is 41.9 Å². The zero-order valence-corrected chi connectivity index (χ0v) is 34.6. The molecule has 13 rings (SSSR count). The van der Waals surface area contributed by atoms with Crippen molar-refractivity contribution < 1.29 is 0 Å². The molecule has 1 unspecified atom stereocenters. The summed E-state index contributed by atoms with van der Waals surface area (Å²) >= 11 is 3.72. The maximum Gasteiger partial charge on any atom is 0.0972 e. The largest absolute Gasteiger partial charge is 0.362 e. The van der Waals surface area contributed by atoms with Gasteiger partial charge in [-0.2, -0.15) is 0 Å². The van der Waals surface area contributed by atoms with Crippen LogP contribution in [-0.2, 0) is 0 Å². The van der Waals surface area contributed by atoms with Crippen LogP contribution >= 0.6 is 22.7 Å². The Labute approximate surface area is 359 Å². The monoisotopic (exact) mass is 814 g/mol. The molecule has 0 amide bonds. The molecule has 12 aromatic rings. The van der Waals surface area contributed by atoms with Crippen LogP contribution in [0.4, 0.5) is 5.69 Å². The van der Waals surface area contributed by atoms with Crippen molar-refractivity contribution >= 4 is 107 Å². The van der Waals surface area contributed by atoms with Crippen LogP contribution < -0.4 is 4.90 Å². The summed E-state index contributed by atoms with van der Waals surface area (Å²) in [6.07, 6.45) is 8.63. The van der Waals surface area contributed by atoms with Gasteiger partial charge in [0.25, 0.3) is 0 Å². The van der Waals surface area contributed by atoms with Crippen LogP contribution in [0, 0.1) is 0 Å². The summed E-state index contributed by atoms with van der Waals surface area (Å²) in [5, 5.41) is 8.49. The SMILES string of the molecule is CN1c2c(ccc3cc(-c4cccc(-c5cnc6c(ccc7ccc(-c8cccc9c8sc8ccccc89)nc76)c5)c4)cnc23)C=CC1c1cccc2c1sc1ccccc12. The predicted molar refractivity (Wildman–Crippen MR) is 261 cm³/mol. The van der Waals surface area contributed by atoms with E-state index >= 15 is 0 Å². The first kappa shape index (κ1) is 34.6. The van der Waals surface area contributed by atoms with E-state index in [0.29, 0.717) is 0 Å². The Kier molecular flexibility index (Phi) is 7.59. The fourth-order valence-electron chi connectivity index (χ4n) is 9.56. The van der Waals surface area contributed by atoms with Gasteiger partial charge in [-0.1, -0.05) is 133 Å². The van der Waals surface area contributed by atoms with Crippen molar-refractivity contribution in [3.8, 4) is 33.5 Å². The van der Waals surface area contributed by atoms with Crippen LogP contribution in [0.15, 0.2) is 176 Å². The van der Waals surface area contributed by atoms with Gasteiger partial charge in [0.1, 0.15) is 0 Å². The molecule has 1 aliphatic heterocycles. The number of anilines is 1. The highest BCUT2D eigenvalue weighted by molar-refractivity contribution is 7.26. The lowest BCUT2D eigenvalue weighted by molar-refractivity contribution is 0.815. The Morgan fingerprint density at radius 3 is 1.89 bits per heavy atom. The number of aromatic nitrogens is 3. The summed E-state index contributed by atoms with van der Waals surface area (Å²) in [6, 6.07) is 57.1. The molecule has 0 N–H and O–H groups in total. The first-order valence-electron chi connectivity index (χ1n) is 20.6. The van der Waals surface area contributed by atoms with Gasteiger partial charge in [-0.05, 0) is 58.7 Å². The summed E-state index contributed by atoms with van der Waals surface area (Å²) in [7, 11) is 2.21. The maximum atomic E-state index is 5.28. The molecule has 61 heavy (non-hydrogen) atoms. The number of hydrogen-bond donors (Lipinski definition) is 0. The van der Waals surface area contributed by atoms with E-state index in [4.69, 9.17) is 15.0 Å². The highest BCUT2D eigenvalue weighted by Gasteiger charge is 2.26. The fraction of sp³-hybridized carbons (Fsp3) is 0.0364. The third-order valence-corrected chi connectivity index (χ3v) is 15.0. The number of nitrogens with zero attached hydrogens (tertiary/aromatic N) is 4. The quantitative estimate of drug-likeness (QED) is 0.166. The fourth-order valence-corrected chi connectivity index (χ4v) is 12.0. The van der Waals surface area contributed by atoms with E-state index in [2.05, 4.69) is 182 Å². The second kappa shape index (κ2) is 13.4. The number of rotatable bonds is 4. The number of hydrogen-bond acceptors (Lipinski definition) is 6. The van der Waals surface area contributed by atoms with Gasteiger partial charge in [0.05, 0.1) is 34.0 Å². The van der Waals surface area contributed by atoms with Crippen LogP contribution in [0.1, 0.15) is 17.2 Å². The third kappa shape index (κ3) is 5.39. The summed E-state index contributed by atoms with van der Waals surface area (Å²) in [5.74, 6) is 0. The first-order chi connectivity index (χ1) is 30.1. The van der Waals surface area contributed by atoms with Crippen molar-refractivity contribution in [2.75, 3.05) is 11.9 Å². The van der Waals surface area contributed by atoms with Gasteiger partial charge in [0, 0.05) is 92.6 Å². The molecule has 6 heteroatoms. The summed E-state index contributed by atoms with van der Waals surface area (Å²) in [4.78, 5) is 17.9. The van der Waals surface area contributed by atoms with E-state index in [-0.39, 0.29) is 6.04 Å². The highest BCUT2D eigenvalue weighted by Crippen LogP contribution is 2.45. The zero-order chi connectivity index (χ0) is 40.2. The lowest BCUT2D eigenvalue weighted by Crippen LogP contribution is -2.26. The van der Waals surface area contributed by atoms with Crippen LogP contribution in [0.5, 0.6) is 0 Å². The molecule has 5 aromatic heterocycles. The smallest absolute Gasteiger partial charge is 0.0972 e. The van der Waals surface area contributed by atoms with Gasteiger partial charge < -0.3 is 4.90 Å². The maximum absolute atomic E-state index is 5.28. The molecule has 7 aromatic carbocycles. The van der Waals surface area contributed by atoms with E-state index in [1.54, 1.807) is 0 Å². The van der Waals surface area contributed by atoms with Gasteiger partial charge in [-0.15, -0.1) is 22.7 Å². The minimum absolute atomic E-state index is 0.0986. The van der Waals surface area contributed by atoms with Crippen LogP contribution in [0.2, 0.25) is 0 Å². The standard InChI is InChI=1S/C55H34N4S2/c1-59-47(45-16-8-14-43-41-12-3-5-18-49(41)61-55(43)45)26-24-33-20-22-37-29-39(31-57-52(37)53(33)59)35-10-6-9-34(27-35)38-28-36-21-19-32-23-25-46(58-51(32)50(36)56-30-38)44-15-7-13-42-40-11-2-4-17-48(40)60-54(42)44/h2-31,47H,1H3. The molecule has 0 aliphatic carbocycles. The third-order valence-electron chi connectivity index (χ3n) is 12.6. The van der Waals surface area contributed by atoms with Crippen molar-refractivity contribution in [2.45, 2.75) is 6.04 Å². The molecule has 0 saturated carbocycles. The average molecular weight is 815 g/mol. The van der Waals surface area contributed by atoms with E-state index in [9.17, 15) is 0 Å². The molecule has 1 atom stereocenters. The molecular weight excluding hydrogens is 781 g/mol. The summed E-state index contributed by atoms with van der Waals surface area (Å²) in [6.45, 7) is 0. The lowest BCUT2D eigenvalue weighted by atomic mass is 9.94. The molecular formula is C55H34N4S2. The summed E-state index contributed by atoms with van der Waals surface area (Å²) in [5.41, 5.74) is 13.0. The Balaban J connectivity index is 0.838. The van der Waals surface area contributed by atoms with Gasteiger partial charge in [0.15, 0.2) is 0 Å². The van der Waals surface area contributed by atoms with Crippen molar-refractivity contribution in [2.24, 2.45) is 0 Å². The zero-order valence-electron chi connectivity index (χ0n) is 33.0. The second-order valence-corrected chi connectivity index (χ2v) is 18.1. The molecule has 0 saturated heterocycles. The minimum Gasteiger partial charge on any atom is -0.362 e. The van der Waals surface area contributed by atoms with Crippen molar-refractivity contribution in [1.82, 2.24) is 15.0 Å². The minimum atomic E-state index is 0.0986. The number of benzene rings is 7. The van der Waals surface area contributed by atoms with E-state index in [0.717, 1.165) is 71.9 Å². The van der Waals surface area contributed by atoms with E-state index < -0.39 is 0 Å². The molecule has 0 radical (unpaired) electrons. The van der Waals surface area contributed by atoms with Gasteiger partial charge >= 0.3 is 0 Å². The Morgan fingerprint density at radius 2 is 1.10 bits per heavy atom. The van der Waals surface area contributed by atoms with E-state index in [1.807, 2.05) is 35.1 Å². The number of pyridine rings is 3. The van der Waals surface area contributed by atoms with Crippen molar-refractivity contribution in [1.29, 1.82) is 0 Å². The molecule has 0 fully saturated rings. The van der Waals surface area contributed by atoms with Gasteiger partial charge in [0.2, 0.25) is 0 Å². The average Bonchev–Trinajstić information content (AvgIpc) is 3.90. The number of fused-ring (bicyclic) bond motifs is 12. The van der Waals surface area contributed by atoms with Crippen molar-refractivity contribution in [3.05, 3.63) is 187 Å². The molecule has 286 valence electrons. The Bertz CT molecular complexity index is 3820. The summed E-state index contributed by atoms with van der Waals surface area (Å²) < 4.78 is 5.23. The van der Waals surface area contributed by atoms with Crippen LogP contribution in [0.3, 0.4) is 0 Å². The van der Waals surface area contributed by atoms with Crippen molar-refractivity contribution in [3.63, 3.8) is 0 Å². The first-order valence-corrected chi connectivity index (χ1v) is 22.2. The lowest BCUT2D eigenvalue weighted by Gasteiger charge is -2.33. The second-order valence-electron chi connectivity index (χ2n) is 16.0. The molecule has 4 nitrogen and oxygen atoms in total. The predicted octanol–water partition coefficient (Wildman–Crippen LogP) is 15.3. The molecule has 1 aliphatic rings. The Morgan fingerprint density at radius 1 is 0.492 bits per heavy atom. The Hall–Kier alpha value is -7.25. The number of thiophene rings is 2. The normalized spacial score (nSPS) is 14.0. The van der Waals surface area contributed by atoms with E-state index in [1.165, 1.54) is 51.5 Å².